The number of benzene rings is 1. The SMILES string of the molecule is CCn1c(CN2CCN(C(C)=O)CC2)nc2cc(S(=O)(=O)N3CCCCC3)ccc21. The normalized spacial score (nSPS) is 19.5. The minimum atomic E-state index is -3.47. The van der Waals surface area contributed by atoms with Gasteiger partial charge in [0.15, 0.2) is 0 Å². The summed E-state index contributed by atoms with van der Waals surface area (Å²) in [5.74, 6) is 1.06. The van der Waals surface area contributed by atoms with Crippen molar-refractivity contribution in [2.75, 3.05) is 39.3 Å². The van der Waals surface area contributed by atoms with Crippen molar-refractivity contribution in [1.29, 1.82) is 0 Å². The van der Waals surface area contributed by atoms with Gasteiger partial charge in [-0.3, -0.25) is 9.69 Å². The number of carbonyl (C=O) groups is 1. The third-order valence-corrected chi connectivity index (χ3v) is 8.15. The molecule has 2 aliphatic heterocycles. The van der Waals surface area contributed by atoms with Gasteiger partial charge in [-0.15, -0.1) is 0 Å². The van der Waals surface area contributed by atoms with Crippen LogP contribution < -0.4 is 0 Å². The molecule has 4 rings (SSSR count). The van der Waals surface area contributed by atoms with Crippen LogP contribution in [-0.2, 0) is 27.9 Å². The standard InChI is InChI=1S/C21H31N5O3S/c1-3-26-20-8-7-18(30(28,29)25-9-5-4-6-10-25)15-19(20)22-21(26)16-23-11-13-24(14-12-23)17(2)27/h7-8,15H,3-6,9-14,16H2,1-2H3. The van der Waals surface area contributed by atoms with Crippen LogP contribution in [0.15, 0.2) is 23.1 Å². The fraction of sp³-hybridized carbons (Fsp3) is 0.619. The lowest BCUT2D eigenvalue weighted by atomic mass is 10.2. The first-order valence-corrected chi connectivity index (χ1v) is 12.3. The Morgan fingerprint density at radius 1 is 1.03 bits per heavy atom. The molecule has 2 aromatic rings. The Morgan fingerprint density at radius 3 is 2.37 bits per heavy atom. The Balaban J connectivity index is 1.57. The number of piperazine rings is 1. The number of sulfonamides is 1. The highest BCUT2D eigenvalue weighted by molar-refractivity contribution is 7.89. The van der Waals surface area contributed by atoms with Gasteiger partial charge >= 0.3 is 0 Å². The minimum Gasteiger partial charge on any atom is -0.340 e. The van der Waals surface area contributed by atoms with Gasteiger partial charge in [0.2, 0.25) is 15.9 Å². The van der Waals surface area contributed by atoms with Crippen LogP contribution in [0.25, 0.3) is 11.0 Å². The summed E-state index contributed by atoms with van der Waals surface area (Å²) < 4.78 is 29.8. The van der Waals surface area contributed by atoms with Crippen molar-refractivity contribution in [3.05, 3.63) is 24.0 Å². The Bertz CT molecular complexity index is 1020. The van der Waals surface area contributed by atoms with E-state index in [-0.39, 0.29) is 5.91 Å². The lowest BCUT2D eigenvalue weighted by Gasteiger charge is -2.33. The molecule has 1 amide bonds. The molecule has 1 aromatic heterocycles. The van der Waals surface area contributed by atoms with Crippen LogP contribution in [0.1, 0.15) is 38.9 Å². The number of aromatic nitrogens is 2. The van der Waals surface area contributed by atoms with Crippen LogP contribution in [0.5, 0.6) is 0 Å². The number of fused-ring (bicyclic) bond motifs is 1. The second-order valence-electron chi connectivity index (χ2n) is 8.17. The van der Waals surface area contributed by atoms with Gasteiger partial charge in [-0.2, -0.15) is 4.31 Å². The smallest absolute Gasteiger partial charge is 0.243 e. The second kappa shape index (κ2) is 8.64. The van der Waals surface area contributed by atoms with E-state index in [1.807, 2.05) is 11.0 Å². The highest BCUT2D eigenvalue weighted by atomic mass is 32.2. The van der Waals surface area contributed by atoms with E-state index in [0.717, 1.165) is 68.8 Å². The van der Waals surface area contributed by atoms with E-state index in [1.165, 1.54) is 0 Å². The van der Waals surface area contributed by atoms with E-state index in [1.54, 1.807) is 23.4 Å². The summed E-state index contributed by atoms with van der Waals surface area (Å²) in [6.45, 7) is 9.48. The third-order valence-electron chi connectivity index (χ3n) is 6.25. The zero-order valence-corrected chi connectivity index (χ0v) is 18.7. The summed E-state index contributed by atoms with van der Waals surface area (Å²) in [4.78, 5) is 20.9. The number of rotatable bonds is 5. The van der Waals surface area contributed by atoms with Crippen molar-refractivity contribution < 1.29 is 13.2 Å². The second-order valence-corrected chi connectivity index (χ2v) is 10.1. The molecule has 9 heteroatoms. The molecule has 0 unspecified atom stereocenters. The number of hydrogen-bond donors (Lipinski definition) is 0. The molecule has 164 valence electrons. The van der Waals surface area contributed by atoms with Gasteiger partial charge in [0, 0.05) is 52.7 Å². The summed E-state index contributed by atoms with van der Waals surface area (Å²) >= 11 is 0. The molecule has 0 N–H and O–H groups in total. The first-order valence-electron chi connectivity index (χ1n) is 10.9. The first kappa shape index (κ1) is 21.3. The predicted octanol–water partition coefficient (Wildman–Crippen LogP) is 1.89. The molecule has 0 aliphatic carbocycles. The Hall–Kier alpha value is -1.97. The highest BCUT2D eigenvalue weighted by Gasteiger charge is 2.27. The lowest BCUT2D eigenvalue weighted by Crippen LogP contribution is -2.47. The fourth-order valence-electron chi connectivity index (χ4n) is 4.47. The highest BCUT2D eigenvalue weighted by Crippen LogP contribution is 2.25. The molecular weight excluding hydrogens is 402 g/mol. The molecule has 3 heterocycles. The Labute approximate surface area is 178 Å². The van der Waals surface area contributed by atoms with E-state index in [2.05, 4.69) is 16.4 Å². The minimum absolute atomic E-state index is 0.123. The molecule has 2 aliphatic rings. The Morgan fingerprint density at radius 2 is 1.73 bits per heavy atom. The fourth-order valence-corrected chi connectivity index (χ4v) is 6.01. The third kappa shape index (κ3) is 4.10. The van der Waals surface area contributed by atoms with Crippen molar-refractivity contribution in [2.24, 2.45) is 0 Å². The molecule has 0 radical (unpaired) electrons. The van der Waals surface area contributed by atoms with Crippen LogP contribution in [0.2, 0.25) is 0 Å². The summed E-state index contributed by atoms with van der Waals surface area (Å²) in [6.07, 6.45) is 2.94. The number of nitrogens with zero attached hydrogens (tertiary/aromatic N) is 5. The van der Waals surface area contributed by atoms with Crippen LogP contribution in [-0.4, -0.2) is 77.2 Å². The van der Waals surface area contributed by atoms with E-state index in [0.29, 0.717) is 24.5 Å². The van der Waals surface area contributed by atoms with Gasteiger partial charge in [-0.05, 0) is 38.0 Å². The van der Waals surface area contributed by atoms with Crippen molar-refractivity contribution in [3.63, 3.8) is 0 Å². The van der Waals surface area contributed by atoms with E-state index in [9.17, 15) is 13.2 Å². The number of carbonyl (C=O) groups excluding carboxylic acids is 1. The van der Waals surface area contributed by atoms with Crippen LogP contribution >= 0.6 is 0 Å². The topological polar surface area (TPSA) is 78.8 Å². The first-order chi connectivity index (χ1) is 14.4. The maximum Gasteiger partial charge on any atom is 0.243 e. The predicted molar refractivity (Wildman–Crippen MR) is 116 cm³/mol. The van der Waals surface area contributed by atoms with Crippen molar-refractivity contribution in [2.45, 2.75) is 51.1 Å². The van der Waals surface area contributed by atoms with Gasteiger partial charge in [0.05, 0.1) is 22.5 Å². The molecule has 30 heavy (non-hydrogen) atoms. The quantitative estimate of drug-likeness (QED) is 0.720. The molecule has 2 saturated heterocycles. The van der Waals surface area contributed by atoms with Gasteiger partial charge in [-0.25, -0.2) is 13.4 Å². The molecule has 0 saturated carbocycles. The van der Waals surface area contributed by atoms with Crippen LogP contribution in [0.3, 0.4) is 0 Å². The van der Waals surface area contributed by atoms with E-state index < -0.39 is 10.0 Å². The number of hydrogen-bond acceptors (Lipinski definition) is 5. The van der Waals surface area contributed by atoms with E-state index in [4.69, 9.17) is 4.98 Å². The van der Waals surface area contributed by atoms with Gasteiger partial charge < -0.3 is 9.47 Å². The average molecular weight is 434 g/mol. The summed E-state index contributed by atoms with van der Waals surface area (Å²) in [7, 11) is -3.47. The number of aryl methyl sites for hydroxylation is 1. The number of imidazole rings is 1. The molecular formula is C21H31N5O3S. The molecule has 2 fully saturated rings. The maximum atomic E-state index is 13.0. The number of piperidine rings is 1. The Kier molecular flexibility index (Phi) is 6.13. The van der Waals surface area contributed by atoms with Gasteiger partial charge in [0.25, 0.3) is 0 Å². The summed E-state index contributed by atoms with van der Waals surface area (Å²) in [5, 5.41) is 0. The average Bonchev–Trinajstić information content (AvgIpc) is 3.10. The molecule has 0 spiro atoms. The van der Waals surface area contributed by atoms with Gasteiger partial charge in [-0.1, -0.05) is 6.42 Å². The largest absolute Gasteiger partial charge is 0.340 e. The summed E-state index contributed by atoms with van der Waals surface area (Å²) in [6, 6.07) is 5.33. The maximum absolute atomic E-state index is 13.0. The zero-order valence-electron chi connectivity index (χ0n) is 17.9. The number of amides is 1. The molecule has 0 bridgehead atoms. The monoisotopic (exact) mass is 433 g/mol. The van der Waals surface area contributed by atoms with Gasteiger partial charge in [0.1, 0.15) is 5.82 Å². The van der Waals surface area contributed by atoms with Crippen molar-refractivity contribution in [1.82, 2.24) is 23.7 Å². The van der Waals surface area contributed by atoms with Crippen LogP contribution in [0.4, 0.5) is 0 Å². The van der Waals surface area contributed by atoms with Crippen molar-refractivity contribution in [3.8, 4) is 0 Å². The lowest BCUT2D eigenvalue weighted by molar-refractivity contribution is -0.130. The van der Waals surface area contributed by atoms with Crippen molar-refractivity contribution >= 4 is 27.0 Å². The van der Waals surface area contributed by atoms with Crippen LogP contribution in [0, 0.1) is 0 Å². The summed E-state index contributed by atoms with van der Waals surface area (Å²) in [5.41, 5.74) is 1.69. The molecule has 8 nitrogen and oxygen atoms in total. The zero-order chi connectivity index (χ0) is 21.3. The van der Waals surface area contributed by atoms with E-state index >= 15 is 0 Å². The molecule has 0 atom stereocenters. The molecule has 1 aromatic carbocycles.